The van der Waals surface area contributed by atoms with Crippen LogP contribution in [0.25, 0.3) is 0 Å². The minimum atomic E-state index is 0.132. The van der Waals surface area contributed by atoms with Crippen molar-refractivity contribution in [1.29, 1.82) is 0 Å². The van der Waals surface area contributed by atoms with Crippen molar-refractivity contribution in [3.8, 4) is 0 Å². The normalized spacial score (nSPS) is 12.2. The van der Waals surface area contributed by atoms with Gasteiger partial charge in [-0.15, -0.1) is 0 Å². The van der Waals surface area contributed by atoms with E-state index in [2.05, 4.69) is 13.8 Å². The van der Waals surface area contributed by atoms with Gasteiger partial charge in [0.25, 0.3) is 0 Å². The standard InChI is InChI=1S/C17H28N2O/c1-3-5-10-15(4-2)17(20)19(14-9-13-18)16-11-7-6-8-12-16/h6-8,11-12,15H,3-5,9-10,13-14,18H2,1-2H3. The molecule has 0 fully saturated rings. The van der Waals surface area contributed by atoms with Gasteiger partial charge in [0.15, 0.2) is 0 Å². The Balaban J connectivity index is 2.83. The second-order valence-electron chi connectivity index (χ2n) is 5.22. The number of anilines is 1. The summed E-state index contributed by atoms with van der Waals surface area (Å²) in [4.78, 5) is 14.7. The maximum atomic E-state index is 12.8. The lowest BCUT2D eigenvalue weighted by Gasteiger charge is -2.27. The Hall–Kier alpha value is -1.35. The topological polar surface area (TPSA) is 46.3 Å². The van der Waals surface area contributed by atoms with Gasteiger partial charge >= 0.3 is 0 Å². The van der Waals surface area contributed by atoms with E-state index in [0.717, 1.165) is 37.8 Å². The smallest absolute Gasteiger partial charge is 0.230 e. The molecule has 0 heterocycles. The number of nitrogens with zero attached hydrogens (tertiary/aromatic N) is 1. The molecule has 112 valence electrons. The lowest BCUT2D eigenvalue weighted by molar-refractivity contribution is -0.122. The molecule has 1 amide bonds. The van der Waals surface area contributed by atoms with Crippen LogP contribution in [0.1, 0.15) is 46.0 Å². The molecule has 0 aromatic heterocycles. The number of carbonyl (C=O) groups excluding carboxylic acids is 1. The number of rotatable bonds is 9. The largest absolute Gasteiger partial charge is 0.330 e. The van der Waals surface area contributed by atoms with Crippen molar-refractivity contribution in [3.63, 3.8) is 0 Å². The van der Waals surface area contributed by atoms with Crippen molar-refractivity contribution < 1.29 is 4.79 Å². The summed E-state index contributed by atoms with van der Waals surface area (Å²) in [5.41, 5.74) is 6.59. The number of nitrogens with two attached hydrogens (primary N) is 1. The molecule has 20 heavy (non-hydrogen) atoms. The molecule has 0 aliphatic rings. The molecular weight excluding hydrogens is 248 g/mol. The Bertz CT molecular complexity index is 378. The molecule has 0 saturated heterocycles. The molecule has 0 spiro atoms. The molecule has 1 unspecified atom stereocenters. The third-order valence-corrected chi connectivity index (χ3v) is 3.67. The molecular formula is C17H28N2O. The zero-order valence-corrected chi connectivity index (χ0v) is 12.8. The maximum absolute atomic E-state index is 12.8. The zero-order chi connectivity index (χ0) is 14.8. The maximum Gasteiger partial charge on any atom is 0.230 e. The van der Waals surface area contributed by atoms with Gasteiger partial charge in [0.1, 0.15) is 0 Å². The molecule has 3 heteroatoms. The van der Waals surface area contributed by atoms with Gasteiger partial charge in [-0.1, -0.05) is 44.9 Å². The van der Waals surface area contributed by atoms with Gasteiger partial charge in [0, 0.05) is 18.2 Å². The number of carbonyl (C=O) groups is 1. The molecule has 1 aromatic rings. The highest BCUT2D eigenvalue weighted by Gasteiger charge is 2.23. The number of benzene rings is 1. The van der Waals surface area contributed by atoms with Gasteiger partial charge in [-0.3, -0.25) is 4.79 Å². The van der Waals surface area contributed by atoms with E-state index in [1.54, 1.807) is 0 Å². The van der Waals surface area contributed by atoms with Crippen LogP contribution in [0.15, 0.2) is 30.3 Å². The van der Waals surface area contributed by atoms with Crippen LogP contribution in [-0.2, 0) is 4.79 Å². The quantitative estimate of drug-likeness (QED) is 0.749. The first-order chi connectivity index (χ1) is 9.74. The fourth-order valence-electron chi connectivity index (χ4n) is 2.40. The Morgan fingerprint density at radius 2 is 1.90 bits per heavy atom. The first kappa shape index (κ1) is 16.7. The summed E-state index contributed by atoms with van der Waals surface area (Å²) < 4.78 is 0. The fraction of sp³-hybridized carbons (Fsp3) is 0.588. The molecule has 0 radical (unpaired) electrons. The molecule has 0 saturated carbocycles. The summed E-state index contributed by atoms with van der Waals surface area (Å²) in [6.45, 7) is 5.59. The van der Waals surface area contributed by atoms with Gasteiger partial charge in [-0.2, -0.15) is 0 Å². The molecule has 2 N–H and O–H groups in total. The van der Waals surface area contributed by atoms with Crippen LogP contribution in [0, 0.1) is 5.92 Å². The summed E-state index contributed by atoms with van der Waals surface area (Å²) in [6, 6.07) is 9.93. The molecule has 1 rings (SSSR count). The van der Waals surface area contributed by atoms with Crippen molar-refractivity contribution in [2.75, 3.05) is 18.0 Å². The van der Waals surface area contributed by atoms with Gasteiger partial charge < -0.3 is 10.6 Å². The Kier molecular flexibility index (Phi) is 7.97. The molecule has 0 aliphatic heterocycles. The van der Waals surface area contributed by atoms with Crippen molar-refractivity contribution in [3.05, 3.63) is 30.3 Å². The SMILES string of the molecule is CCCCC(CC)C(=O)N(CCCN)c1ccccc1. The molecule has 0 bridgehead atoms. The van der Waals surface area contributed by atoms with Crippen LogP contribution in [0.4, 0.5) is 5.69 Å². The van der Waals surface area contributed by atoms with E-state index in [9.17, 15) is 4.79 Å². The molecule has 0 aliphatic carbocycles. The number of hydrogen-bond donors (Lipinski definition) is 1. The zero-order valence-electron chi connectivity index (χ0n) is 12.8. The van der Waals surface area contributed by atoms with Gasteiger partial charge in [-0.25, -0.2) is 0 Å². The summed E-state index contributed by atoms with van der Waals surface area (Å²) >= 11 is 0. The molecule has 1 atom stereocenters. The lowest BCUT2D eigenvalue weighted by atomic mass is 9.97. The Morgan fingerprint density at radius 1 is 1.20 bits per heavy atom. The highest BCUT2D eigenvalue weighted by atomic mass is 16.2. The first-order valence-electron chi connectivity index (χ1n) is 7.81. The first-order valence-corrected chi connectivity index (χ1v) is 7.81. The third-order valence-electron chi connectivity index (χ3n) is 3.67. The molecule has 3 nitrogen and oxygen atoms in total. The van der Waals surface area contributed by atoms with Crippen LogP contribution in [0.3, 0.4) is 0 Å². The van der Waals surface area contributed by atoms with Crippen molar-refractivity contribution in [1.82, 2.24) is 0 Å². The van der Waals surface area contributed by atoms with Crippen molar-refractivity contribution in [2.24, 2.45) is 11.7 Å². The van der Waals surface area contributed by atoms with Gasteiger partial charge in [0.05, 0.1) is 0 Å². The summed E-state index contributed by atoms with van der Waals surface area (Å²) in [5.74, 6) is 0.383. The van der Waals surface area contributed by atoms with Gasteiger partial charge in [0.2, 0.25) is 5.91 Å². The summed E-state index contributed by atoms with van der Waals surface area (Å²) in [6.07, 6.45) is 4.98. The van der Waals surface area contributed by atoms with Crippen LogP contribution >= 0.6 is 0 Å². The molecule has 1 aromatic carbocycles. The van der Waals surface area contributed by atoms with E-state index in [1.807, 2.05) is 35.2 Å². The number of unbranched alkanes of at least 4 members (excludes halogenated alkanes) is 1. The van der Waals surface area contributed by atoms with Crippen LogP contribution in [0.2, 0.25) is 0 Å². The Labute approximate surface area is 123 Å². The third kappa shape index (κ3) is 4.97. The van der Waals surface area contributed by atoms with E-state index in [1.165, 1.54) is 0 Å². The average Bonchev–Trinajstić information content (AvgIpc) is 2.49. The highest BCUT2D eigenvalue weighted by molar-refractivity contribution is 5.94. The minimum Gasteiger partial charge on any atom is -0.330 e. The highest BCUT2D eigenvalue weighted by Crippen LogP contribution is 2.21. The summed E-state index contributed by atoms with van der Waals surface area (Å²) in [7, 11) is 0. The predicted octanol–water partition coefficient (Wildman–Crippen LogP) is 3.58. The number of amides is 1. The van der Waals surface area contributed by atoms with Crippen LogP contribution < -0.4 is 10.6 Å². The Morgan fingerprint density at radius 3 is 2.45 bits per heavy atom. The second-order valence-corrected chi connectivity index (χ2v) is 5.22. The van der Waals surface area contributed by atoms with E-state index in [0.29, 0.717) is 13.1 Å². The average molecular weight is 276 g/mol. The number of hydrogen-bond acceptors (Lipinski definition) is 2. The number of para-hydroxylation sites is 1. The van der Waals surface area contributed by atoms with E-state index >= 15 is 0 Å². The van der Waals surface area contributed by atoms with Crippen LogP contribution in [0.5, 0.6) is 0 Å². The van der Waals surface area contributed by atoms with Crippen LogP contribution in [-0.4, -0.2) is 19.0 Å². The summed E-state index contributed by atoms with van der Waals surface area (Å²) in [5, 5.41) is 0. The predicted molar refractivity (Wildman–Crippen MR) is 85.8 cm³/mol. The minimum absolute atomic E-state index is 0.132. The van der Waals surface area contributed by atoms with Crippen molar-refractivity contribution in [2.45, 2.75) is 46.0 Å². The lowest BCUT2D eigenvalue weighted by Crippen LogP contribution is -2.37. The van der Waals surface area contributed by atoms with E-state index < -0.39 is 0 Å². The van der Waals surface area contributed by atoms with Gasteiger partial charge in [-0.05, 0) is 37.9 Å². The van der Waals surface area contributed by atoms with E-state index in [4.69, 9.17) is 5.73 Å². The fourth-order valence-corrected chi connectivity index (χ4v) is 2.40. The van der Waals surface area contributed by atoms with E-state index in [-0.39, 0.29) is 11.8 Å². The second kappa shape index (κ2) is 9.54. The van der Waals surface area contributed by atoms with Crippen molar-refractivity contribution >= 4 is 11.6 Å². The monoisotopic (exact) mass is 276 g/mol.